The van der Waals surface area contributed by atoms with Gasteiger partial charge < -0.3 is 10.6 Å². The van der Waals surface area contributed by atoms with Gasteiger partial charge in [-0.1, -0.05) is 60.6 Å². The van der Waals surface area contributed by atoms with Gasteiger partial charge in [0, 0.05) is 5.69 Å². The SMILES string of the molecule is Cc1ccccc1Nc1nnc(S[C@@H](C)C(=O)NC2(C#N)CCCCC2)s1. The van der Waals surface area contributed by atoms with Crippen molar-refractivity contribution in [1.82, 2.24) is 15.5 Å². The van der Waals surface area contributed by atoms with E-state index in [-0.39, 0.29) is 11.2 Å². The molecule has 0 radical (unpaired) electrons. The van der Waals surface area contributed by atoms with Crippen LogP contribution in [0.25, 0.3) is 0 Å². The Hall–Kier alpha value is -2.11. The summed E-state index contributed by atoms with van der Waals surface area (Å²) >= 11 is 2.79. The zero-order chi connectivity index (χ0) is 19.3. The molecule has 2 N–H and O–H groups in total. The molecule has 1 aliphatic carbocycles. The van der Waals surface area contributed by atoms with Crippen LogP contribution in [0.2, 0.25) is 0 Å². The summed E-state index contributed by atoms with van der Waals surface area (Å²) in [4.78, 5) is 12.6. The van der Waals surface area contributed by atoms with Crippen LogP contribution >= 0.6 is 23.1 Å². The zero-order valence-electron chi connectivity index (χ0n) is 15.5. The third-order valence-electron chi connectivity index (χ3n) is 4.72. The number of carbonyl (C=O) groups is 1. The van der Waals surface area contributed by atoms with Gasteiger partial charge in [-0.2, -0.15) is 5.26 Å². The van der Waals surface area contributed by atoms with Gasteiger partial charge in [-0.3, -0.25) is 4.79 Å². The maximum absolute atomic E-state index is 12.6. The van der Waals surface area contributed by atoms with Crippen LogP contribution in [0.3, 0.4) is 0 Å². The number of amides is 1. The molecule has 1 atom stereocenters. The number of nitriles is 1. The number of benzene rings is 1. The highest BCUT2D eigenvalue weighted by Gasteiger charge is 2.35. The Morgan fingerprint density at radius 3 is 2.74 bits per heavy atom. The summed E-state index contributed by atoms with van der Waals surface area (Å²) in [5, 5.41) is 24.5. The first-order valence-electron chi connectivity index (χ1n) is 9.07. The van der Waals surface area contributed by atoms with Crippen LogP contribution in [0, 0.1) is 18.3 Å². The summed E-state index contributed by atoms with van der Waals surface area (Å²) in [5.41, 5.74) is 1.41. The molecule has 142 valence electrons. The molecule has 2 aromatic rings. The third kappa shape index (κ3) is 4.99. The lowest BCUT2D eigenvalue weighted by atomic mass is 9.83. The molecule has 0 aliphatic heterocycles. The molecule has 1 aromatic heterocycles. The molecule has 27 heavy (non-hydrogen) atoms. The van der Waals surface area contributed by atoms with Crippen LogP contribution in [-0.2, 0) is 4.79 Å². The molecule has 1 heterocycles. The quantitative estimate of drug-likeness (QED) is 0.697. The van der Waals surface area contributed by atoms with Gasteiger partial charge in [0.2, 0.25) is 11.0 Å². The van der Waals surface area contributed by atoms with E-state index in [4.69, 9.17) is 0 Å². The number of anilines is 2. The van der Waals surface area contributed by atoms with E-state index in [2.05, 4.69) is 26.9 Å². The Bertz CT molecular complexity index is 839. The van der Waals surface area contributed by atoms with Crippen LogP contribution in [0.5, 0.6) is 0 Å². The number of nitrogens with zero attached hydrogens (tertiary/aromatic N) is 3. The van der Waals surface area contributed by atoms with Crippen LogP contribution < -0.4 is 10.6 Å². The first-order valence-corrected chi connectivity index (χ1v) is 10.8. The van der Waals surface area contributed by atoms with Crippen LogP contribution in [-0.4, -0.2) is 26.9 Å². The van der Waals surface area contributed by atoms with Crippen molar-refractivity contribution in [3.8, 4) is 6.07 Å². The highest BCUT2D eigenvalue weighted by Crippen LogP contribution is 2.32. The van der Waals surface area contributed by atoms with Gasteiger partial charge in [0.05, 0.1) is 11.3 Å². The van der Waals surface area contributed by atoms with E-state index < -0.39 is 5.54 Å². The Kier molecular flexibility index (Phi) is 6.34. The molecule has 3 rings (SSSR count). The second-order valence-corrected chi connectivity index (χ2v) is 9.38. The molecule has 6 nitrogen and oxygen atoms in total. The molecule has 1 amide bonds. The smallest absolute Gasteiger partial charge is 0.234 e. The van der Waals surface area contributed by atoms with Crippen molar-refractivity contribution >= 4 is 39.8 Å². The summed E-state index contributed by atoms with van der Waals surface area (Å²) in [6, 6.07) is 10.3. The van der Waals surface area contributed by atoms with Gasteiger partial charge >= 0.3 is 0 Å². The minimum Gasteiger partial charge on any atom is -0.337 e. The van der Waals surface area contributed by atoms with Crippen molar-refractivity contribution in [2.45, 2.75) is 61.1 Å². The topological polar surface area (TPSA) is 90.7 Å². The summed E-state index contributed by atoms with van der Waals surface area (Å²) in [5.74, 6) is -0.118. The van der Waals surface area contributed by atoms with E-state index >= 15 is 0 Å². The average Bonchev–Trinajstić information content (AvgIpc) is 3.11. The highest BCUT2D eigenvalue weighted by molar-refractivity contribution is 8.02. The van der Waals surface area contributed by atoms with E-state index in [9.17, 15) is 10.1 Å². The molecule has 0 spiro atoms. The number of carbonyl (C=O) groups excluding carboxylic acids is 1. The number of nitrogens with one attached hydrogen (secondary N) is 2. The summed E-state index contributed by atoms with van der Waals surface area (Å²) < 4.78 is 0.725. The van der Waals surface area contributed by atoms with Crippen molar-refractivity contribution in [3.05, 3.63) is 29.8 Å². The summed E-state index contributed by atoms with van der Waals surface area (Å²) in [7, 11) is 0. The van der Waals surface area contributed by atoms with Crippen molar-refractivity contribution in [3.63, 3.8) is 0 Å². The zero-order valence-corrected chi connectivity index (χ0v) is 17.1. The lowest BCUT2D eigenvalue weighted by molar-refractivity contribution is -0.121. The molecule has 1 aromatic carbocycles. The van der Waals surface area contributed by atoms with Gasteiger partial charge in [0.15, 0.2) is 4.34 Å². The molecule has 1 saturated carbocycles. The number of aromatic nitrogens is 2. The average molecular weight is 402 g/mol. The minimum atomic E-state index is -0.706. The fraction of sp³-hybridized carbons (Fsp3) is 0.474. The van der Waals surface area contributed by atoms with E-state index in [1.54, 1.807) is 0 Å². The Labute approximate surface area is 167 Å². The van der Waals surface area contributed by atoms with Crippen molar-refractivity contribution < 1.29 is 4.79 Å². The lowest BCUT2D eigenvalue weighted by Gasteiger charge is -2.32. The molecule has 0 bridgehead atoms. The van der Waals surface area contributed by atoms with Crippen molar-refractivity contribution in [1.29, 1.82) is 5.26 Å². The fourth-order valence-corrected chi connectivity index (χ4v) is 5.01. The molecular formula is C19H23N5OS2. The largest absolute Gasteiger partial charge is 0.337 e. The number of hydrogen-bond donors (Lipinski definition) is 2. The normalized spacial score (nSPS) is 16.9. The van der Waals surface area contributed by atoms with Crippen molar-refractivity contribution in [2.75, 3.05) is 5.32 Å². The minimum absolute atomic E-state index is 0.118. The fourth-order valence-electron chi connectivity index (χ4n) is 3.10. The highest BCUT2D eigenvalue weighted by atomic mass is 32.2. The Balaban J connectivity index is 1.59. The second-order valence-electron chi connectivity index (χ2n) is 6.82. The molecule has 0 unspecified atom stereocenters. The molecule has 1 aliphatic rings. The van der Waals surface area contributed by atoms with Crippen LogP contribution in [0.15, 0.2) is 28.6 Å². The second kappa shape index (κ2) is 8.72. The van der Waals surface area contributed by atoms with Gasteiger partial charge in [-0.05, 0) is 38.3 Å². The van der Waals surface area contributed by atoms with Gasteiger partial charge in [0.1, 0.15) is 5.54 Å². The number of hydrogen-bond acceptors (Lipinski definition) is 7. The third-order valence-corrected chi connectivity index (χ3v) is 6.75. The molecule has 8 heteroatoms. The van der Waals surface area contributed by atoms with E-state index in [1.807, 2.05) is 38.1 Å². The lowest BCUT2D eigenvalue weighted by Crippen LogP contribution is -2.50. The van der Waals surface area contributed by atoms with Gasteiger partial charge in [0.25, 0.3) is 0 Å². The van der Waals surface area contributed by atoms with Crippen LogP contribution in [0.1, 0.15) is 44.6 Å². The predicted octanol–water partition coefficient (Wildman–Crippen LogP) is 4.41. The van der Waals surface area contributed by atoms with Crippen molar-refractivity contribution in [2.24, 2.45) is 0 Å². The number of aryl methyl sites for hydroxylation is 1. The molecular weight excluding hydrogens is 378 g/mol. The standard InChI is InChI=1S/C19H23N5OS2/c1-13-8-4-5-9-15(13)21-17-23-24-18(27-17)26-14(2)16(25)22-19(12-20)10-6-3-7-11-19/h4-5,8-9,14H,3,6-7,10-11H2,1-2H3,(H,21,23)(H,22,25)/t14-/m0/s1. The van der Waals surface area contributed by atoms with Gasteiger partial charge in [-0.25, -0.2) is 0 Å². The Morgan fingerprint density at radius 2 is 2.04 bits per heavy atom. The number of rotatable bonds is 6. The maximum atomic E-state index is 12.6. The first kappa shape index (κ1) is 19.6. The number of thioether (sulfide) groups is 1. The first-order chi connectivity index (χ1) is 13.0. The molecule has 1 fully saturated rings. The van der Waals surface area contributed by atoms with Crippen LogP contribution in [0.4, 0.5) is 10.8 Å². The Morgan fingerprint density at radius 1 is 1.30 bits per heavy atom. The molecule has 0 saturated heterocycles. The predicted molar refractivity (Wildman–Crippen MR) is 109 cm³/mol. The summed E-state index contributed by atoms with van der Waals surface area (Å²) in [6.07, 6.45) is 4.57. The van der Waals surface area contributed by atoms with E-state index in [0.29, 0.717) is 5.13 Å². The van der Waals surface area contributed by atoms with E-state index in [0.717, 1.165) is 47.7 Å². The number of para-hydroxylation sites is 1. The monoisotopic (exact) mass is 401 g/mol. The van der Waals surface area contributed by atoms with E-state index in [1.165, 1.54) is 23.1 Å². The summed E-state index contributed by atoms with van der Waals surface area (Å²) in [6.45, 7) is 3.87. The van der Waals surface area contributed by atoms with Gasteiger partial charge in [-0.15, -0.1) is 10.2 Å². The maximum Gasteiger partial charge on any atom is 0.234 e.